The highest BCUT2D eigenvalue weighted by Gasteiger charge is 2.39. The van der Waals surface area contributed by atoms with E-state index >= 15 is 0 Å². The van der Waals surface area contributed by atoms with E-state index < -0.39 is 8.32 Å². The van der Waals surface area contributed by atoms with E-state index in [4.69, 9.17) is 9.16 Å². The molecule has 0 spiro atoms. The first kappa shape index (κ1) is 24.7. The number of rotatable bonds is 9. The second kappa shape index (κ2) is 10.4. The van der Waals surface area contributed by atoms with Gasteiger partial charge in [0, 0.05) is 23.1 Å². The summed E-state index contributed by atoms with van der Waals surface area (Å²) in [5, 5.41) is 9.92. The number of hydrogen-bond donors (Lipinski definition) is 1. The van der Waals surface area contributed by atoms with Crippen LogP contribution < -0.4 is 9.16 Å². The molecule has 3 rings (SSSR count). The van der Waals surface area contributed by atoms with Crippen LogP contribution >= 0.6 is 0 Å². The maximum atomic E-state index is 13.2. The molecule has 1 N–H and O–H groups in total. The van der Waals surface area contributed by atoms with Crippen molar-refractivity contribution in [2.24, 2.45) is 0 Å². The van der Waals surface area contributed by atoms with E-state index in [9.17, 15) is 9.90 Å². The van der Waals surface area contributed by atoms with Crippen molar-refractivity contribution < 1.29 is 19.1 Å². The van der Waals surface area contributed by atoms with E-state index in [-0.39, 0.29) is 17.4 Å². The zero-order chi connectivity index (χ0) is 24.1. The van der Waals surface area contributed by atoms with Gasteiger partial charge >= 0.3 is 0 Å². The molecule has 0 amide bonds. The topological polar surface area (TPSA) is 55.8 Å². The van der Waals surface area contributed by atoms with Gasteiger partial charge in [0.2, 0.25) is 8.32 Å². The monoisotopic (exact) mass is 462 g/mol. The van der Waals surface area contributed by atoms with Crippen LogP contribution in [0.15, 0.2) is 72.8 Å². The molecule has 0 radical (unpaired) electrons. The Bertz CT molecular complexity index is 1080. The van der Waals surface area contributed by atoms with Crippen molar-refractivity contribution in [2.75, 3.05) is 6.61 Å². The summed E-state index contributed by atoms with van der Waals surface area (Å²) in [5.74, 6) is 1.21. The zero-order valence-corrected chi connectivity index (χ0v) is 21.2. The summed E-state index contributed by atoms with van der Waals surface area (Å²) in [6.07, 6.45) is 0.771. The molecule has 174 valence electrons. The first-order valence-corrected chi connectivity index (χ1v) is 14.3. The molecule has 0 saturated heterocycles. The van der Waals surface area contributed by atoms with E-state index in [1.807, 2.05) is 36.4 Å². The predicted octanol–water partition coefficient (Wildman–Crippen LogP) is 6.42. The average molecular weight is 463 g/mol. The predicted molar refractivity (Wildman–Crippen MR) is 136 cm³/mol. The largest absolute Gasteiger partial charge is 0.543 e. The van der Waals surface area contributed by atoms with E-state index in [0.717, 1.165) is 12.2 Å². The van der Waals surface area contributed by atoms with Crippen LogP contribution in [0.4, 0.5) is 0 Å². The number of benzene rings is 3. The van der Waals surface area contributed by atoms with Gasteiger partial charge in [-0.15, -0.1) is 0 Å². The van der Waals surface area contributed by atoms with Gasteiger partial charge in [-0.05, 0) is 54.0 Å². The SMILES string of the molecule is CC(C)(C)[Si](C)(C)Oc1cccc(C(=O)c2ccc(OCCc3ccccc3)c(CO)c2)c1. The fraction of sp³-hybridized carbons (Fsp3) is 0.321. The molecule has 0 aliphatic heterocycles. The fourth-order valence-corrected chi connectivity index (χ4v) is 4.25. The lowest BCUT2D eigenvalue weighted by Crippen LogP contribution is -2.43. The van der Waals surface area contributed by atoms with Crippen molar-refractivity contribution in [3.05, 3.63) is 95.1 Å². The van der Waals surface area contributed by atoms with Crippen molar-refractivity contribution >= 4 is 14.1 Å². The van der Waals surface area contributed by atoms with Crippen molar-refractivity contribution in [1.82, 2.24) is 0 Å². The Labute approximate surface area is 198 Å². The van der Waals surface area contributed by atoms with Gasteiger partial charge in [-0.1, -0.05) is 63.2 Å². The Morgan fingerprint density at radius 1 is 0.909 bits per heavy atom. The molecule has 0 saturated carbocycles. The van der Waals surface area contributed by atoms with Gasteiger partial charge in [-0.2, -0.15) is 0 Å². The quantitative estimate of drug-likeness (QED) is 0.295. The van der Waals surface area contributed by atoms with Crippen molar-refractivity contribution in [3.63, 3.8) is 0 Å². The Hall–Kier alpha value is -2.89. The van der Waals surface area contributed by atoms with Crippen LogP contribution in [0.25, 0.3) is 0 Å². The molecule has 33 heavy (non-hydrogen) atoms. The van der Waals surface area contributed by atoms with E-state index in [0.29, 0.717) is 29.0 Å². The van der Waals surface area contributed by atoms with Crippen LogP contribution in [0.2, 0.25) is 18.1 Å². The molecular weight excluding hydrogens is 428 g/mol. The number of aliphatic hydroxyl groups is 1. The summed E-state index contributed by atoms with van der Waals surface area (Å²) in [6, 6.07) is 22.7. The molecule has 5 heteroatoms. The minimum absolute atomic E-state index is 0.0688. The summed E-state index contributed by atoms with van der Waals surface area (Å²) in [7, 11) is -2.00. The van der Waals surface area contributed by atoms with E-state index in [2.05, 4.69) is 46.0 Å². The smallest absolute Gasteiger partial charge is 0.250 e. The maximum Gasteiger partial charge on any atom is 0.250 e. The average Bonchev–Trinajstić information content (AvgIpc) is 2.78. The van der Waals surface area contributed by atoms with Gasteiger partial charge in [0.1, 0.15) is 11.5 Å². The number of ether oxygens (including phenoxy) is 1. The number of carbonyl (C=O) groups excluding carboxylic acids is 1. The molecule has 4 nitrogen and oxygen atoms in total. The molecule has 0 atom stereocenters. The molecule has 3 aromatic carbocycles. The van der Waals surface area contributed by atoms with Crippen LogP contribution in [0.5, 0.6) is 11.5 Å². The van der Waals surface area contributed by atoms with Crippen LogP contribution in [0.3, 0.4) is 0 Å². The minimum Gasteiger partial charge on any atom is -0.543 e. The highest BCUT2D eigenvalue weighted by molar-refractivity contribution is 6.74. The van der Waals surface area contributed by atoms with Crippen LogP contribution in [-0.4, -0.2) is 25.8 Å². The Morgan fingerprint density at radius 2 is 1.61 bits per heavy atom. The van der Waals surface area contributed by atoms with E-state index in [1.54, 1.807) is 24.3 Å². The lowest BCUT2D eigenvalue weighted by atomic mass is 10.0. The lowest BCUT2D eigenvalue weighted by molar-refractivity contribution is 0.103. The van der Waals surface area contributed by atoms with Gasteiger partial charge in [-0.25, -0.2) is 0 Å². The second-order valence-corrected chi connectivity index (χ2v) is 14.5. The standard InChI is InChI=1S/C28H34O4Si/c1-28(2,3)33(4,5)32-25-13-9-12-22(19-25)27(30)23-14-15-26(24(18-23)20-29)31-17-16-21-10-7-6-8-11-21/h6-15,18-19,29H,16-17,20H2,1-5H3. The van der Waals surface area contributed by atoms with Crippen LogP contribution in [0, 0.1) is 0 Å². The summed E-state index contributed by atoms with van der Waals surface area (Å²) < 4.78 is 12.3. The lowest BCUT2D eigenvalue weighted by Gasteiger charge is -2.36. The molecule has 0 aliphatic carbocycles. The van der Waals surface area contributed by atoms with Crippen molar-refractivity contribution in [3.8, 4) is 11.5 Å². The van der Waals surface area contributed by atoms with E-state index in [1.165, 1.54) is 5.56 Å². The zero-order valence-electron chi connectivity index (χ0n) is 20.2. The van der Waals surface area contributed by atoms with Gasteiger partial charge in [0.15, 0.2) is 5.78 Å². The van der Waals surface area contributed by atoms with Crippen LogP contribution in [0.1, 0.15) is 47.8 Å². The van der Waals surface area contributed by atoms with Crippen LogP contribution in [-0.2, 0) is 13.0 Å². The minimum atomic E-state index is -2.00. The third kappa shape index (κ3) is 6.33. The third-order valence-electron chi connectivity index (χ3n) is 6.26. The van der Waals surface area contributed by atoms with Crippen molar-refractivity contribution in [1.29, 1.82) is 0 Å². The second-order valence-electron chi connectivity index (χ2n) is 9.78. The third-order valence-corrected chi connectivity index (χ3v) is 10.6. The first-order valence-electron chi connectivity index (χ1n) is 11.3. The molecule has 3 aromatic rings. The summed E-state index contributed by atoms with van der Waals surface area (Å²) in [6.45, 7) is 11.2. The van der Waals surface area contributed by atoms with Crippen molar-refractivity contribution in [2.45, 2.75) is 51.9 Å². The molecule has 0 heterocycles. The van der Waals surface area contributed by atoms with Gasteiger partial charge in [-0.3, -0.25) is 4.79 Å². The number of carbonyl (C=O) groups is 1. The highest BCUT2D eigenvalue weighted by atomic mass is 28.4. The van der Waals surface area contributed by atoms with Gasteiger partial charge in [0.05, 0.1) is 13.2 Å². The molecule has 0 aromatic heterocycles. The maximum absolute atomic E-state index is 13.2. The molecular formula is C28H34O4Si. The van der Waals surface area contributed by atoms with Gasteiger partial charge in [0.25, 0.3) is 0 Å². The molecule has 0 fully saturated rings. The number of ketones is 1. The Balaban J connectivity index is 1.73. The Kier molecular flexibility index (Phi) is 7.77. The Morgan fingerprint density at radius 3 is 2.27 bits per heavy atom. The summed E-state index contributed by atoms with van der Waals surface area (Å²) in [5.41, 5.74) is 2.86. The van der Waals surface area contributed by atoms with Gasteiger partial charge < -0.3 is 14.3 Å². The number of aliphatic hydroxyl groups excluding tert-OH is 1. The summed E-state index contributed by atoms with van der Waals surface area (Å²) in [4.78, 5) is 13.2. The molecule has 0 bridgehead atoms. The highest BCUT2D eigenvalue weighted by Crippen LogP contribution is 2.37. The normalized spacial score (nSPS) is 11.8. The summed E-state index contributed by atoms with van der Waals surface area (Å²) >= 11 is 0. The first-order chi connectivity index (χ1) is 15.6. The molecule has 0 unspecified atom stereocenters. The number of hydrogen-bond acceptors (Lipinski definition) is 4. The molecule has 0 aliphatic rings. The fourth-order valence-electron chi connectivity index (χ4n) is 3.22.